The van der Waals surface area contributed by atoms with Crippen molar-refractivity contribution in [2.24, 2.45) is 5.41 Å². The van der Waals surface area contributed by atoms with E-state index in [1.165, 1.54) is 9.71 Å². The van der Waals surface area contributed by atoms with Gasteiger partial charge in [-0.25, -0.2) is 4.98 Å². The van der Waals surface area contributed by atoms with Gasteiger partial charge < -0.3 is 9.64 Å². The van der Waals surface area contributed by atoms with E-state index in [-0.39, 0.29) is 5.41 Å². The van der Waals surface area contributed by atoms with E-state index in [0.717, 1.165) is 57.5 Å². The molecule has 1 spiro atoms. The molecule has 0 saturated carbocycles. The topological polar surface area (TPSA) is 42.4 Å². The van der Waals surface area contributed by atoms with Crippen LogP contribution in [0.5, 0.6) is 0 Å². The number of likely N-dealkylation sites (tertiary alicyclic amines) is 1. The molecule has 3 heterocycles. The molecule has 1 amide bonds. The van der Waals surface area contributed by atoms with Crippen LogP contribution in [0.15, 0.2) is 24.3 Å². The molecule has 1 aromatic heterocycles. The van der Waals surface area contributed by atoms with Crippen LogP contribution in [-0.4, -0.2) is 42.1 Å². The molecule has 0 N–H and O–H groups in total. The van der Waals surface area contributed by atoms with Crippen LogP contribution in [0.2, 0.25) is 0 Å². The Morgan fingerprint density at radius 3 is 3.04 bits per heavy atom. The summed E-state index contributed by atoms with van der Waals surface area (Å²) in [7, 11) is 0. The van der Waals surface area contributed by atoms with Gasteiger partial charge in [0.25, 0.3) is 0 Å². The highest BCUT2D eigenvalue weighted by molar-refractivity contribution is 7.18. The van der Waals surface area contributed by atoms with E-state index in [0.29, 0.717) is 12.3 Å². The number of hydrogen-bond donors (Lipinski definition) is 0. The molecule has 5 heteroatoms. The average Bonchev–Trinajstić information content (AvgIpc) is 3.17. The summed E-state index contributed by atoms with van der Waals surface area (Å²) in [6.45, 7) is 3.41. The second kappa shape index (κ2) is 6.21. The fraction of sp³-hybridized carbons (Fsp3) is 0.556. The first-order valence-electron chi connectivity index (χ1n) is 8.44. The minimum Gasteiger partial charge on any atom is -0.381 e. The van der Waals surface area contributed by atoms with Crippen LogP contribution < -0.4 is 0 Å². The third-order valence-corrected chi connectivity index (χ3v) is 6.19. The molecule has 0 radical (unpaired) electrons. The highest BCUT2D eigenvalue weighted by Crippen LogP contribution is 2.38. The number of fused-ring (bicyclic) bond motifs is 1. The molecule has 4 rings (SSSR count). The lowest BCUT2D eigenvalue weighted by Crippen LogP contribution is -2.47. The minimum atomic E-state index is 0.240. The maximum absolute atomic E-state index is 12.2. The first kappa shape index (κ1) is 15.1. The lowest BCUT2D eigenvalue weighted by molar-refractivity contribution is -0.137. The van der Waals surface area contributed by atoms with Gasteiger partial charge in [-0.15, -0.1) is 11.3 Å². The van der Waals surface area contributed by atoms with Crippen LogP contribution in [0.1, 0.15) is 30.7 Å². The van der Waals surface area contributed by atoms with Crippen LogP contribution in [0.4, 0.5) is 0 Å². The van der Waals surface area contributed by atoms with Gasteiger partial charge in [-0.3, -0.25) is 4.79 Å². The van der Waals surface area contributed by atoms with Gasteiger partial charge in [-0.2, -0.15) is 0 Å². The second-order valence-electron chi connectivity index (χ2n) is 6.80. The Morgan fingerprint density at radius 2 is 2.22 bits per heavy atom. The van der Waals surface area contributed by atoms with Crippen molar-refractivity contribution in [3.05, 3.63) is 29.3 Å². The van der Waals surface area contributed by atoms with Crippen LogP contribution in [0.25, 0.3) is 10.2 Å². The Labute approximate surface area is 140 Å². The summed E-state index contributed by atoms with van der Waals surface area (Å²) in [4.78, 5) is 18.9. The number of aryl methyl sites for hydroxylation is 1. The van der Waals surface area contributed by atoms with E-state index >= 15 is 0 Å². The number of ether oxygens (including phenoxy) is 1. The molecule has 2 saturated heterocycles. The molecule has 23 heavy (non-hydrogen) atoms. The zero-order chi connectivity index (χ0) is 15.7. The number of benzene rings is 1. The summed E-state index contributed by atoms with van der Waals surface area (Å²) < 4.78 is 6.83. The van der Waals surface area contributed by atoms with Crippen molar-refractivity contribution in [1.82, 2.24) is 9.88 Å². The molecule has 2 aliphatic heterocycles. The monoisotopic (exact) mass is 330 g/mol. The zero-order valence-corrected chi connectivity index (χ0v) is 14.1. The van der Waals surface area contributed by atoms with E-state index in [1.54, 1.807) is 11.3 Å². The third-order valence-electron chi connectivity index (χ3n) is 5.09. The maximum atomic E-state index is 12.2. The van der Waals surface area contributed by atoms with E-state index in [1.807, 2.05) is 6.07 Å². The summed E-state index contributed by atoms with van der Waals surface area (Å²) in [5.74, 6) is 0.312. The molecule has 1 atom stereocenters. The molecular weight excluding hydrogens is 308 g/mol. The number of amides is 1. The number of aromatic nitrogens is 1. The molecule has 1 aromatic carbocycles. The SMILES string of the molecule is O=C1CCC2(CCOC2)CN1CCCc1nc2ccccc2s1. The molecule has 4 nitrogen and oxygen atoms in total. The molecular formula is C18H22N2O2S. The molecule has 1 unspecified atom stereocenters. The summed E-state index contributed by atoms with van der Waals surface area (Å²) in [5, 5.41) is 1.18. The second-order valence-corrected chi connectivity index (χ2v) is 7.91. The number of nitrogens with zero attached hydrogens (tertiary/aromatic N) is 2. The molecule has 0 aliphatic carbocycles. The lowest BCUT2D eigenvalue weighted by atomic mass is 9.79. The number of carbonyl (C=O) groups is 1. The number of para-hydroxylation sites is 1. The van der Waals surface area contributed by atoms with E-state index < -0.39 is 0 Å². The average molecular weight is 330 g/mol. The van der Waals surface area contributed by atoms with Crippen LogP contribution >= 0.6 is 11.3 Å². The van der Waals surface area contributed by atoms with Crippen LogP contribution in [0.3, 0.4) is 0 Å². The highest BCUT2D eigenvalue weighted by Gasteiger charge is 2.41. The molecule has 0 bridgehead atoms. The van der Waals surface area contributed by atoms with Crippen LogP contribution in [-0.2, 0) is 16.0 Å². The van der Waals surface area contributed by atoms with Crippen molar-refractivity contribution in [3.63, 3.8) is 0 Å². The normalized spacial score (nSPS) is 24.9. The van der Waals surface area contributed by atoms with Gasteiger partial charge in [0.15, 0.2) is 0 Å². The summed E-state index contributed by atoms with van der Waals surface area (Å²) in [6, 6.07) is 8.27. The van der Waals surface area contributed by atoms with Crippen molar-refractivity contribution >= 4 is 27.5 Å². The van der Waals surface area contributed by atoms with Gasteiger partial charge in [-0.1, -0.05) is 12.1 Å². The number of piperidine rings is 1. The largest absolute Gasteiger partial charge is 0.381 e. The fourth-order valence-corrected chi connectivity index (χ4v) is 4.73. The molecule has 2 aromatic rings. The van der Waals surface area contributed by atoms with Crippen LogP contribution in [0, 0.1) is 5.41 Å². The standard InChI is InChI=1S/C18H22N2O2S/c21-17-7-8-18(9-11-22-13-18)12-20(17)10-3-6-16-19-14-4-1-2-5-15(14)23-16/h1-2,4-5H,3,6-13H2. The predicted molar refractivity (Wildman–Crippen MR) is 91.6 cm³/mol. The third kappa shape index (κ3) is 3.12. The Morgan fingerprint density at radius 1 is 1.30 bits per heavy atom. The summed E-state index contributed by atoms with van der Waals surface area (Å²) in [6.07, 6.45) is 4.73. The highest BCUT2D eigenvalue weighted by atomic mass is 32.1. The Kier molecular flexibility index (Phi) is 4.07. The number of hydrogen-bond acceptors (Lipinski definition) is 4. The van der Waals surface area contributed by atoms with Crippen molar-refractivity contribution < 1.29 is 9.53 Å². The first-order valence-corrected chi connectivity index (χ1v) is 9.26. The molecule has 2 aliphatic rings. The fourth-order valence-electron chi connectivity index (χ4n) is 3.73. The van der Waals surface area contributed by atoms with Gasteiger partial charge in [-0.05, 0) is 31.4 Å². The van der Waals surface area contributed by atoms with Gasteiger partial charge in [0, 0.05) is 38.0 Å². The Bertz CT molecular complexity index is 673. The Hall–Kier alpha value is -1.46. The van der Waals surface area contributed by atoms with E-state index in [4.69, 9.17) is 4.74 Å². The van der Waals surface area contributed by atoms with Crippen molar-refractivity contribution in [3.8, 4) is 0 Å². The number of rotatable bonds is 4. The van der Waals surface area contributed by atoms with E-state index in [2.05, 4.69) is 28.1 Å². The predicted octanol–water partition coefficient (Wildman–Crippen LogP) is 3.26. The van der Waals surface area contributed by atoms with Crippen molar-refractivity contribution in [1.29, 1.82) is 0 Å². The van der Waals surface area contributed by atoms with E-state index in [9.17, 15) is 4.79 Å². The number of thiazole rings is 1. The number of carbonyl (C=O) groups excluding carboxylic acids is 1. The first-order chi connectivity index (χ1) is 11.2. The molecule has 2 fully saturated rings. The summed E-state index contributed by atoms with van der Waals surface area (Å²) >= 11 is 1.77. The van der Waals surface area contributed by atoms with Gasteiger partial charge >= 0.3 is 0 Å². The smallest absolute Gasteiger partial charge is 0.222 e. The van der Waals surface area contributed by atoms with Gasteiger partial charge in [0.2, 0.25) is 5.91 Å². The molecule has 122 valence electrons. The van der Waals surface area contributed by atoms with Crippen molar-refractivity contribution in [2.45, 2.75) is 32.1 Å². The zero-order valence-electron chi connectivity index (χ0n) is 13.3. The Balaban J connectivity index is 1.35. The minimum absolute atomic E-state index is 0.240. The van der Waals surface area contributed by atoms with Crippen molar-refractivity contribution in [2.75, 3.05) is 26.3 Å². The summed E-state index contributed by atoms with van der Waals surface area (Å²) in [5.41, 5.74) is 1.33. The van der Waals surface area contributed by atoms with Gasteiger partial charge in [0.05, 0.1) is 21.8 Å². The lowest BCUT2D eigenvalue weighted by Gasteiger charge is -2.39. The quantitative estimate of drug-likeness (QED) is 0.864. The van der Waals surface area contributed by atoms with Gasteiger partial charge in [0.1, 0.15) is 0 Å². The maximum Gasteiger partial charge on any atom is 0.222 e.